The van der Waals surface area contributed by atoms with Crippen molar-refractivity contribution in [2.45, 2.75) is 32.2 Å². The van der Waals surface area contributed by atoms with E-state index in [1.54, 1.807) is 0 Å². The van der Waals surface area contributed by atoms with Crippen LogP contribution in [0.25, 0.3) is 0 Å². The zero-order valence-electron chi connectivity index (χ0n) is 9.28. The van der Waals surface area contributed by atoms with Crippen molar-refractivity contribution in [1.82, 2.24) is 0 Å². The first-order chi connectivity index (χ1) is 7.33. The second-order valence-electron chi connectivity index (χ2n) is 4.25. The third-order valence-corrected chi connectivity index (χ3v) is 2.87. The van der Waals surface area contributed by atoms with Crippen LogP contribution in [0.15, 0.2) is 24.3 Å². The fourth-order valence-corrected chi connectivity index (χ4v) is 1.81. The zero-order valence-corrected chi connectivity index (χ0v) is 9.28. The quantitative estimate of drug-likeness (QED) is 0.802. The maximum Gasteiger partial charge on any atom is 0.124 e. The molecule has 1 saturated carbocycles. The van der Waals surface area contributed by atoms with Crippen molar-refractivity contribution in [3.63, 3.8) is 0 Å². The van der Waals surface area contributed by atoms with Gasteiger partial charge >= 0.3 is 0 Å². The summed E-state index contributed by atoms with van der Waals surface area (Å²) in [5.74, 6) is 1.65. The highest BCUT2D eigenvalue weighted by atomic mass is 16.5. The minimum absolute atomic E-state index is 0.165. The minimum Gasteiger partial charge on any atom is -0.493 e. The molecule has 1 aliphatic carbocycles. The molecule has 1 aromatic carbocycles. The average molecular weight is 205 g/mol. The summed E-state index contributed by atoms with van der Waals surface area (Å²) in [5, 5.41) is 0. The predicted molar refractivity (Wildman–Crippen MR) is 61.9 cm³/mol. The van der Waals surface area contributed by atoms with Gasteiger partial charge in [-0.1, -0.05) is 25.1 Å². The van der Waals surface area contributed by atoms with Gasteiger partial charge in [0.2, 0.25) is 0 Å². The first-order valence-corrected chi connectivity index (χ1v) is 5.80. The summed E-state index contributed by atoms with van der Waals surface area (Å²) in [6.07, 6.45) is 3.57. The van der Waals surface area contributed by atoms with E-state index in [0.29, 0.717) is 5.92 Å². The van der Waals surface area contributed by atoms with Gasteiger partial charge in [0, 0.05) is 11.6 Å². The molecule has 1 atom stereocenters. The zero-order chi connectivity index (χ0) is 10.7. The van der Waals surface area contributed by atoms with Crippen LogP contribution < -0.4 is 10.5 Å². The highest BCUT2D eigenvalue weighted by Crippen LogP contribution is 2.41. The lowest BCUT2D eigenvalue weighted by Crippen LogP contribution is -2.14. The highest BCUT2D eigenvalue weighted by Gasteiger charge is 2.30. The minimum atomic E-state index is 0.165. The van der Waals surface area contributed by atoms with Crippen molar-refractivity contribution in [2.24, 2.45) is 11.7 Å². The summed E-state index contributed by atoms with van der Waals surface area (Å²) in [5.41, 5.74) is 7.37. The van der Waals surface area contributed by atoms with Crippen molar-refractivity contribution in [3.8, 4) is 5.75 Å². The van der Waals surface area contributed by atoms with E-state index in [4.69, 9.17) is 10.5 Å². The molecule has 0 aliphatic heterocycles. The Hall–Kier alpha value is -1.02. The van der Waals surface area contributed by atoms with Crippen LogP contribution in [-0.4, -0.2) is 6.61 Å². The lowest BCUT2D eigenvalue weighted by Gasteiger charge is -2.16. The van der Waals surface area contributed by atoms with Crippen molar-refractivity contribution >= 4 is 0 Å². The van der Waals surface area contributed by atoms with Gasteiger partial charge in [-0.2, -0.15) is 0 Å². The molecule has 0 radical (unpaired) electrons. The number of nitrogens with two attached hydrogens (primary N) is 1. The predicted octanol–water partition coefficient (Wildman–Crippen LogP) is 2.89. The van der Waals surface area contributed by atoms with E-state index in [9.17, 15) is 0 Å². The van der Waals surface area contributed by atoms with Gasteiger partial charge in [0.25, 0.3) is 0 Å². The standard InChI is InChI=1S/C13H19NO/c1-2-9-15-12-6-4-3-5-11(12)13(14)10-7-8-10/h3-6,10,13H,2,7-9,14H2,1H3/t13-/m0/s1. The van der Waals surface area contributed by atoms with E-state index >= 15 is 0 Å². The Morgan fingerprint density at radius 2 is 2.13 bits per heavy atom. The van der Waals surface area contributed by atoms with Crippen LogP contribution in [-0.2, 0) is 0 Å². The number of hydrogen-bond donors (Lipinski definition) is 1. The SMILES string of the molecule is CCCOc1ccccc1[C@@H](N)C1CC1. The number of rotatable bonds is 5. The van der Waals surface area contributed by atoms with Crippen molar-refractivity contribution in [1.29, 1.82) is 0 Å². The van der Waals surface area contributed by atoms with Crippen molar-refractivity contribution in [2.75, 3.05) is 6.61 Å². The molecule has 0 saturated heterocycles. The number of ether oxygens (including phenoxy) is 1. The molecule has 2 heteroatoms. The first-order valence-electron chi connectivity index (χ1n) is 5.80. The van der Waals surface area contributed by atoms with Gasteiger partial charge in [-0.25, -0.2) is 0 Å². The first kappa shape index (κ1) is 10.5. The largest absolute Gasteiger partial charge is 0.493 e. The molecule has 0 amide bonds. The molecule has 0 spiro atoms. The van der Waals surface area contributed by atoms with E-state index in [1.165, 1.54) is 18.4 Å². The Balaban J connectivity index is 2.12. The molecule has 1 fully saturated rings. The molecule has 2 rings (SSSR count). The summed E-state index contributed by atoms with van der Waals surface area (Å²) in [6.45, 7) is 2.89. The molecule has 0 aromatic heterocycles. The Bertz CT molecular complexity index is 320. The fourth-order valence-electron chi connectivity index (χ4n) is 1.81. The lowest BCUT2D eigenvalue weighted by molar-refractivity contribution is 0.311. The van der Waals surface area contributed by atoms with E-state index in [-0.39, 0.29) is 6.04 Å². The molecule has 15 heavy (non-hydrogen) atoms. The molecule has 2 N–H and O–H groups in total. The van der Waals surface area contributed by atoms with Crippen molar-refractivity contribution < 1.29 is 4.74 Å². The molecule has 1 aromatic rings. The molecule has 0 unspecified atom stereocenters. The second-order valence-corrected chi connectivity index (χ2v) is 4.25. The molecule has 0 bridgehead atoms. The van der Waals surface area contributed by atoms with E-state index in [2.05, 4.69) is 13.0 Å². The summed E-state index contributed by atoms with van der Waals surface area (Å²) >= 11 is 0. The number of benzene rings is 1. The second kappa shape index (κ2) is 4.67. The fraction of sp³-hybridized carbons (Fsp3) is 0.538. The smallest absolute Gasteiger partial charge is 0.124 e. The summed E-state index contributed by atoms with van der Waals surface area (Å²) in [6, 6.07) is 8.32. The lowest BCUT2D eigenvalue weighted by atomic mass is 10.0. The summed E-state index contributed by atoms with van der Waals surface area (Å²) < 4.78 is 5.71. The van der Waals surface area contributed by atoms with Crippen LogP contribution in [0.5, 0.6) is 5.75 Å². The van der Waals surface area contributed by atoms with Gasteiger partial charge in [0.1, 0.15) is 5.75 Å². The Labute approximate surface area is 91.4 Å². The van der Waals surface area contributed by atoms with Crippen LogP contribution >= 0.6 is 0 Å². The van der Waals surface area contributed by atoms with Crippen LogP contribution in [0.3, 0.4) is 0 Å². The maximum atomic E-state index is 6.19. The highest BCUT2D eigenvalue weighted by molar-refractivity contribution is 5.36. The topological polar surface area (TPSA) is 35.2 Å². The van der Waals surface area contributed by atoms with E-state index in [1.807, 2.05) is 18.2 Å². The summed E-state index contributed by atoms with van der Waals surface area (Å²) in [4.78, 5) is 0. The molecular weight excluding hydrogens is 186 g/mol. The normalized spacial score (nSPS) is 17.5. The van der Waals surface area contributed by atoms with Crippen LogP contribution in [0.2, 0.25) is 0 Å². The number of para-hydroxylation sites is 1. The molecule has 2 nitrogen and oxygen atoms in total. The van der Waals surface area contributed by atoms with Crippen LogP contribution in [0, 0.1) is 5.92 Å². The van der Waals surface area contributed by atoms with E-state index < -0.39 is 0 Å². The third kappa shape index (κ3) is 2.51. The Kier molecular flexibility index (Phi) is 3.27. The van der Waals surface area contributed by atoms with Crippen LogP contribution in [0.4, 0.5) is 0 Å². The van der Waals surface area contributed by atoms with Crippen LogP contribution in [0.1, 0.15) is 37.8 Å². The van der Waals surface area contributed by atoms with Gasteiger partial charge < -0.3 is 10.5 Å². The summed E-state index contributed by atoms with van der Waals surface area (Å²) in [7, 11) is 0. The van der Waals surface area contributed by atoms with Gasteiger partial charge in [-0.15, -0.1) is 0 Å². The Morgan fingerprint density at radius 3 is 2.80 bits per heavy atom. The molecule has 0 heterocycles. The van der Waals surface area contributed by atoms with E-state index in [0.717, 1.165) is 18.8 Å². The molecule has 1 aliphatic rings. The Morgan fingerprint density at radius 1 is 1.40 bits per heavy atom. The number of hydrogen-bond acceptors (Lipinski definition) is 2. The molecule has 82 valence electrons. The average Bonchev–Trinajstić information content (AvgIpc) is 3.09. The van der Waals surface area contributed by atoms with Gasteiger partial charge in [-0.05, 0) is 31.2 Å². The van der Waals surface area contributed by atoms with Gasteiger partial charge in [-0.3, -0.25) is 0 Å². The maximum absolute atomic E-state index is 6.19. The van der Waals surface area contributed by atoms with Gasteiger partial charge in [0.05, 0.1) is 6.61 Å². The monoisotopic (exact) mass is 205 g/mol. The van der Waals surface area contributed by atoms with Crippen molar-refractivity contribution in [3.05, 3.63) is 29.8 Å². The molecular formula is C13H19NO. The van der Waals surface area contributed by atoms with Gasteiger partial charge in [0.15, 0.2) is 0 Å². The third-order valence-electron chi connectivity index (χ3n) is 2.87.